The van der Waals surface area contributed by atoms with Gasteiger partial charge in [0.05, 0.1) is 6.61 Å². The van der Waals surface area contributed by atoms with Gasteiger partial charge in [0.2, 0.25) is 0 Å². The van der Waals surface area contributed by atoms with Gasteiger partial charge in [-0.25, -0.2) is 18.7 Å². The predicted molar refractivity (Wildman–Crippen MR) is 127 cm³/mol. The van der Waals surface area contributed by atoms with Crippen molar-refractivity contribution in [1.82, 2.24) is 9.97 Å². The van der Waals surface area contributed by atoms with Gasteiger partial charge in [0.1, 0.15) is 6.10 Å². The van der Waals surface area contributed by atoms with Gasteiger partial charge in [0, 0.05) is 18.3 Å². The molecule has 2 unspecified atom stereocenters. The highest BCUT2D eigenvalue weighted by molar-refractivity contribution is 5.32. The Labute approximate surface area is 197 Å². The van der Waals surface area contributed by atoms with Crippen molar-refractivity contribution in [2.24, 2.45) is 5.92 Å². The Hall–Kier alpha value is -1.88. The van der Waals surface area contributed by atoms with E-state index < -0.39 is 11.6 Å². The Bertz CT molecular complexity index is 886. The molecule has 0 N–H and O–H groups in total. The first kappa shape index (κ1) is 24.3. The van der Waals surface area contributed by atoms with Gasteiger partial charge < -0.3 is 4.74 Å². The van der Waals surface area contributed by atoms with Crippen LogP contribution in [0.3, 0.4) is 0 Å². The Kier molecular flexibility index (Phi) is 8.45. The number of aryl methyl sites for hydroxylation is 1. The topological polar surface area (TPSA) is 35.0 Å². The summed E-state index contributed by atoms with van der Waals surface area (Å²) in [6.07, 6.45) is 15.0. The van der Waals surface area contributed by atoms with E-state index >= 15 is 8.78 Å². The summed E-state index contributed by atoms with van der Waals surface area (Å²) in [5, 5.41) is 0. The lowest BCUT2D eigenvalue weighted by atomic mass is 9.76. The Balaban J connectivity index is 1.36. The summed E-state index contributed by atoms with van der Waals surface area (Å²) in [5.41, 5.74) is 2.15. The third-order valence-electron chi connectivity index (χ3n) is 7.66. The number of unbranched alkanes of at least 4 members (excludes halogenated alkanes) is 1. The van der Waals surface area contributed by atoms with Crippen molar-refractivity contribution in [1.29, 1.82) is 0 Å². The minimum Gasteiger partial charge on any atom is -0.370 e. The first-order valence-corrected chi connectivity index (χ1v) is 13.0. The molecule has 2 heterocycles. The van der Waals surface area contributed by atoms with Crippen LogP contribution in [-0.4, -0.2) is 16.6 Å². The maximum Gasteiger partial charge on any atom is 0.162 e. The molecule has 33 heavy (non-hydrogen) atoms. The molecular weight excluding hydrogens is 418 g/mol. The molecule has 0 bridgehead atoms. The average molecular weight is 457 g/mol. The fraction of sp³-hybridized carbons (Fsp3) is 0.643. The summed E-state index contributed by atoms with van der Waals surface area (Å²) in [6.45, 7) is 4.72. The summed E-state index contributed by atoms with van der Waals surface area (Å²) in [6, 6.07) is 3.65. The van der Waals surface area contributed by atoms with Crippen LogP contribution in [0.5, 0.6) is 0 Å². The number of hydrogen-bond acceptors (Lipinski definition) is 3. The zero-order valence-electron chi connectivity index (χ0n) is 20.2. The number of aromatic nitrogens is 2. The summed E-state index contributed by atoms with van der Waals surface area (Å²) in [7, 11) is 0. The molecule has 3 nitrogen and oxygen atoms in total. The first-order valence-electron chi connectivity index (χ1n) is 13.0. The normalized spacial score (nSPS) is 25.8. The molecule has 180 valence electrons. The summed E-state index contributed by atoms with van der Waals surface area (Å²) in [5.74, 6) is 0.145. The van der Waals surface area contributed by atoms with Crippen molar-refractivity contribution in [3.05, 3.63) is 58.7 Å². The maximum atomic E-state index is 15.1. The maximum absolute atomic E-state index is 15.1. The number of ether oxygens (including phenoxy) is 1. The molecule has 1 saturated carbocycles. The molecule has 1 aromatic heterocycles. The van der Waals surface area contributed by atoms with E-state index in [1.165, 1.54) is 19.3 Å². The molecule has 2 atom stereocenters. The number of halogens is 2. The highest BCUT2D eigenvalue weighted by Crippen LogP contribution is 2.41. The lowest BCUT2D eigenvalue weighted by molar-refractivity contribution is -0.00356. The molecule has 2 fully saturated rings. The molecule has 1 saturated heterocycles. The lowest BCUT2D eigenvalue weighted by Gasteiger charge is -2.31. The van der Waals surface area contributed by atoms with E-state index in [1.807, 2.05) is 18.5 Å². The second-order valence-corrected chi connectivity index (χ2v) is 10.0. The minimum absolute atomic E-state index is 0.131. The number of rotatable bonds is 8. The zero-order valence-corrected chi connectivity index (χ0v) is 20.2. The van der Waals surface area contributed by atoms with E-state index in [0.29, 0.717) is 30.0 Å². The van der Waals surface area contributed by atoms with Gasteiger partial charge in [-0.3, -0.25) is 0 Å². The highest BCUT2D eigenvalue weighted by Gasteiger charge is 2.31. The monoisotopic (exact) mass is 456 g/mol. The Morgan fingerprint density at radius 2 is 1.48 bits per heavy atom. The molecule has 1 aliphatic heterocycles. The molecular formula is C28H38F2N2O. The van der Waals surface area contributed by atoms with Crippen molar-refractivity contribution >= 4 is 0 Å². The molecule has 1 aromatic carbocycles. The molecule has 2 aromatic rings. The van der Waals surface area contributed by atoms with Gasteiger partial charge in [-0.2, -0.15) is 0 Å². The van der Waals surface area contributed by atoms with Crippen LogP contribution in [0, 0.1) is 17.6 Å². The van der Waals surface area contributed by atoms with Crippen LogP contribution in [0.1, 0.15) is 119 Å². The van der Waals surface area contributed by atoms with E-state index in [2.05, 4.69) is 23.8 Å². The second kappa shape index (κ2) is 11.5. The minimum atomic E-state index is -0.673. The number of hydrogen-bond donors (Lipinski definition) is 0. The van der Waals surface area contributed by atoms with Crippen LogP contribution < -0.4 is 0 Å². The fourth-order valence-corrected chi connectivity index (χ4v) is 5.61. The molecule has 0 spiro atoms. The van der Waals surface area contributed by atoms with E-state index in [-0.39, 0.29) is 17.9 Å². The van der Waals surface area contributed by atoms with Gasteiger partial charge in [0.25, 0.3) is 0 Å². The van der Waals surface area contributed by atoms with Gasteiger partial charge >= 0.3 is 0 Å². The molecule has 0 radical (unpaired) electrons. The molecule has 1 aliphatic carbocycles. The summed E-state index contributed by atoms with van der Waals surface area (Å²) >= 11 is 0. The fourth-order valence-electron chi connectivity index (χ4n) is 5.61. The van der Waals surface area contributed by atoms with Gasteiger partial charge in [-0.15, -0.1) is 0 Å². The standard InChI is InChI=1S/C28H38F2N2O/c1-3-5-7-19-8-10-21(11-9-19)23-13-14-24(27(30)26(23)29)22-12-15-25(33-18-22)28-31-16-20(6-4-2)17-32-28/h13-14,16-17,19,21-22,25H,3-12,15,18H2,1-2H3. The smallest absolute Gasteiger partial charge is 0.162 e. The zero-order chi connectivity index (χ0) is 23.2. The van der Waals surface area contributed by atoms with Crippen LogP contribution in [-0.2, 0) is 11.2 Å². The van der Waals surface area contributed by atoms with Gasteiger partial charge in [-0.1, -0.05) is 51.7 Å². The van der Waals surface area contributed by atoms with Crippen molar-refractivity contribution in [2.75, 3.05) is 6.61 Å². The first-order chi connectivity index (χ1) is 16.1. The highest BCUT2D eigenvalue weighted by atomic mass is 19.2. The summed E-state index contributed by atoms with van der Waals surface area (Å²) < 4.78 is 36.2. The van der Waals surface area contributed by atoms with Crippen molar-refractivity contribution in [2.45, 2.75) is 102 Å². The molecule has 0 amide bonds. The average Bonchev–Trinajstić information content (AvgIpc) is 2.86. The van der Waals surface area contributed by atoms with Crippen molar-refractivity contribution in [3.63, 3.8) is 0 Å². The van der Waals surface area contributed by atoms with Crippen LogP contribution in [0.15, 0.2) is 24.5 Å². The number of benzene rings is 1. The van der Waals surface area contributed by atoms with E-state index in [9.17, 15) is 0 Å². The van der Waals surface area contributed by atoms with E-state index in [1.54, 1.807) is 6.07 Å². The second-order valence-electron chi connectivity index (χ2n) is 10.0. The van der Waals surface area contributed by atoms with Gasteiger partial charge in [-0.05, 0) is 73.5 Å². The van der Waals surface area contributed by atoms with Crippen molar-refractivity contribution in [3.8, 4) is 0 Å². The van der Waals surface area contributed by atoms with E-state index in [4.69, 9.17) is 4.74 Å². The predicted octanol–water partition coefficient (Wildman–Crippen LogP) is 7.81. The molecule has 5 heteroatoms. The van der Waals surface area contributed by atoms with Crippen molar-refractivity contribution < 1.29 is 13.5 Å². The van der Waals surface area contributed by atoms with Crippen LogP contribution in [0.25, 0.3) is 0 Å². The summed E-state index contributed by atoms with van der Waals surface area (Å²) in [4.78, 5) is 8.93. The SMILES string of the molecule is CCCCC1CCC(c2ccc(C3CCC(c4ncc(CCC)cn4)OC3)c(F)c2F)CC1. The third-order valence-corrected chi connectivity index (χ3v) is 7.66. The lowest BCUT2D eigenvalue weighted by Crippen LogP contribution is -2.22. The van der Waals surface area contributed by atoms with Crippen LogP contribution in [0.2, 0.25) is 0 Å². The quantitative estimate of drug-likeness (QED) is 0.406. The van der Waals surface area contributed by atoms with Gasteiger partial charge in [0.15, 0.2) is 17.5 Å². The molecule has 2 aliphatic rings. The Morgan fingerprint density at radius 1 is 0.848 bits per heavy atom. The Morgan fingerprint density at radius 3 is 2.06 bits per heavy atom. The van der Waals surface area contributed by atoms with Crippen LogP contribution in [0.4, 0.5) is 8.78 Å². The number of nitrogens with zero attached hydrogens (tertiary/aromatic N) is 2. The van der Waals surface area contributed by atoms with Crippen LogP contribution >= 0.6 is 0 Å². The largest absolute Gasteiger partial charge is 0.370 e. The van der Waals surface area contributed by atoms with E-state index in [0.717, 1.165) is 56.4 Å². The molecule has 4 rings (SSSR count). The third kappa shape index (κ3) is 5.79.